The molecule has 0 amide bonds. The van der Waals surface area contributed by atoms with Gasteiger partial charge in [-0.2, -0.15) is 0 Å². The zero-order chi connectivity index (χ0) is 13.9. The van der Waals surface area contributed by atoms with Crippen molar-refractivity contribution in [2.75, 3.05) is 19.5 Å². The fourth-order valence-electron chi connectivity index (χ4n) is 3.66. The van der Waals surface area contributed by atoms with Crippen LogP contribution in [-0.4, -0.2) is 20.6 Å². The van der Waals surface area contributed by atoms with E-state index >= 15 is 0 Å². The molecular formula is C16H22BNO2. The largest absolute Gasteiger partial charge is 0.559 e. The topological polar surface area (TPSA) is 44.5 Å². The molecule has 1 saturated heterocycles. The molecule has 1 heterocycles. The van der Waals surface area contributed by atoms with Gasteiger partial charge in [0.25, 0.3) is 0 Å². The zero-order valence-corrected chi connectivity index (χ0v) is 12.0. The highest BCUT2D eigenvalue weighted by Gasteiger charge is 2.36. The van der Waals surface area contributed by atoms with Gasteiger partial charge in [0.05, 0.1) is 12.3 Å². The molecule has 106 valence electrons. The van der Waals surface area contributed by atoms with Crippen LogP contribution in [0.1, 0.15) is 12.8 Å². The van der Waals surface area contributed by atoms with Gasteiger partial charge in [0.1, 0.15) is 5.75 Å². The molecule has 1 fully saturated rings. The predicted molar refractivity (Wildman–Crippen MR) is 83.0 cm³/mol. The number of para-hydroxylation sites is 2. The summed E-state index contributed by atoms with van der Waals surface area (Å²) in [6.07, 6.45) is 7.10. The highest BCUT2D eigenvalue weighted by molar-refractivity contribution is 6.53. The van der Waals surface area contributed by atoms with Gasteiger partial charge in [0.15, 0.2) is 0 Å². The molecule has 3 rings (SSSR count). The fourth-order valence-corrected chi connectivity index (χ4v) is 3.66. The van der Waals surface area contributed by atoms with Crippen LogP contribution in [0.25, 0.3) is 0 Å². The number of anilines is 1. The standard InChI is InChI=1S/C16H22BNO2/c1-19-11-14-7-12-6-13(8-14)10-17(9-12)20-16-5-3-2-4-15(16)18/h2-5,7,12-13H,6,8-11,18H2,1H3. The number of ether oxygens (including phenoxy) is 1. The van der Waals surface area contributed by atoms with Gasteiger partial charge in [-0.05, 0) is 55.0 Å². The highest BCUT2D eigenvalue weighted by Crippen LogP contribution is 2.40. The van der Waals surface area contributed by atoms with Crippen molar-refractivity contribution in [3.8, 4) is 5.75 Å². The maximum atomic E-state index is 6.13. The highest BCUT2D eigenvalue weighted by atomic mass is 16.5. The Bertz CT molecular complexity index is 503. The second-order valence-electron chi connectivity index (χ2n) is 6.07. The normalized spacial score (nSPS) is 25.2. The van der Waals surface area contributed by atoms with Crippen molar-refractivity contribution >= 4 is 12.6 Å². The number of fused-ring (bicyclic) bond motifs is 2. The molecule has 0 radical (unpaired) electrons. The summed E-state index contributed by atoms with van der Waals surface area (Å²) >= 11 is 0. The number of rotatable bonds is 4. The number of nitrogen functional groups attached to an aromatic ring is 1. The van der Waals surface area contributed by atoms with E-state index in [2.05, 4.69) is 6.08 Å². The first kappa shape index (κ1) is 13.6. The number of methoxy groups -OCH3 is 1. The Morgan fingerprint density at radius 2 is 2.15 bits per heavy atom. The van der Waals surface area contributed by atoms with E-state index in [1.54, 1.807) is 7.11 Å². The molecule has 2 unspecified atom stereocenters. The molecule has 4 heteroatoms. The van der Waals surface area contributed by atoms with Crippen LogP contribution in [0.4, 0.5) is 5.69 Å². The summed E-state index contributed by atoms with van der Waals surface area (Å²) < 4.78 is 11.4. The Morgan fingerprint density at radius 3 is 2.90 bits per heavy atom. The summed E-state index contributed by atoms with van der Waals surface area (Å²) in [5, 5.41) is 0. The van der Waals surface area contributed by atoms with Gasteiger partial charge in [-0.3, -0.25) is 0 Å². The fraction of sp³-hybridized carbons (Fsp3) is 0.500. The molecule has 3 nitrogen and oxygen atoms in total. The van der Waals surface area contributed by atoms with E-state index in [-0.39, 0.29) is 0 Å². The number of allylic oxidation sites excluding steroid dienone is 1. The van der Waals surface area contributed by atoms with Gasteiger partial charge in [-0.25, -0.2) is 0 Å². The molecule has 2 N–H and O–H groups in total. The summed E-state index contributed by atoms with van der Waals surface area (Å²) in [7, 11) is 1.77. The number of hydrogen-bond acceptors (Lipinski definition) is 3. The first-order chi connectivity index (χ1) is 9.74. The van der Waals surface area contributed by atoms with Crippen molar-refractivity contribution in [1.82, 2.24) is 0 Å². The average Bonchev–Trinajstić information content (AvgIpc) is 2.41. The van der Waals surface area contributed by atoms with E-state index in [1.165, 1.54) is 12.0 Å². The minimum Gasteiger partial charge on any atom is -0.559 e. The number of nitrogens with two attached hydrogens (primary N) is 1. The Balaban J connectivity index is 1.66. The van der Waals surface area contributed by atoms with E-state index in [4.69, 9.17) is 15.1 Å². The predicted octanol–water partition coefficient (Wildman–Crippen LogP) is 3.25. The Kier molecular flexibility index (Phi) is 4.01. The van der Waals surface area contributed by atoms with Gasteiger partial charge in [-0.15, -0.1) is 0 Å². The van der Waals surface area contributed by atoms with E-state index in [1.807, 2.05) is 24.3 Å². The van der Waals surface area contributed by atoms with Crippen molar-refractivity contribution < 1.29 is 9.39 Å². The lowest BCUT2D eigenvalue weighted by Gasteiger charge is -2.36. The molecular weight excluding hydrogens is 249 g/mol. The van der Waals surface area contributed by atoms with Gasteiger partial charge in [-0.1, -0.05) is 18.2 Å². The number of benzene rings is 1. The lowest BCUT2D eigenvalue weighted by atomic mass is 9.48. The van der Waals surface area contributed by atoms with Crippen molar-refractivity contribution in [3.63, 3.8) is 0 Å². The molecule has 1 aromatic carbocycles. The van der Waals surface area contributed by atoms with Crippen LogP contribution in [0, 0.1) is 11.8 Å². The molecule has 0 saturated carbocycles. The smallest absolute Gasteiger partial charge is 0.358 e. The molecule has 1 aliphatic heterocycles. The van der Waals surface area contributed by atoms with E-state index in [9.17, 15) is 0 Å². The minimum atomic E-state index is 0.295. The lowest BCUT2D eigenvalue weighted by Crippen LogP contribution is -2.35. The van der Waals surface area contributed by atoms with E-state index in [0.29, 0.717) is 12.8 Å². The molecule has 2 atom stereocenters. The summed E-state index contributed by atoms with van der Waals surface area (Å²) in [5.41, 5.74) is 8.16. The Labute approximate surface area is 121 Å². The third-order valence-electron chi connectivity index (χ3n) is 4.36. The monoisotopic (exact) mass is 271 g/mol. The van der Waals surface area contributed by atoms with Crippen LogP contribution in [0.5, 0.6) is 5.75 Å². The molecule has 0 aromatic heterocycles. The lowest BCUT2D eigenvalue weighted by molar-refractivity contribution is 0.214. The SMILES string of the molecule is COCC1=CC2CB(Oc3ccccc3N)CC(C1)C2. The minimum absolute atomic E-state index is 0.295. The first-order valence-electron chi connectivity index (χ1n) is 7.44. The van der Waals surface area contributed by atoms with Crippen LogP contribution in [0.15, 0.2) is 35.9 Å². The Hall–Kier alpha value is -1.42. The van der Waals surface area contributed by atoms with Crippen LogP contribution >= 0.6 is 0 Å². The van der Waals surface area contributed by atoms with Crippen LogP contribution < -0.4 is 10.4 Å². The average molecular weight is 271 g/mol. The molecule has 20 heavy (non-hydrogen) atoms. The number of hydrogen-bond donors (Lipinski definition) is 1. The molecule has 1 aromatic rings. The summed E-state index contributed by atoms with van der Waals surface area (Å²) in [6, 6.07) is 7.78. The zero-order valence-electron chi connectivity index (χ0n) is 12.0. The van der Waals surface area contributed by atoms with Crippen molar-refractivity contribution in [1.29, 1.82) is 0 Å². The molecule has 2 bridgehead atoms. The van der Waals surface area contributed by atoms with Crippen molar-refractivity contribution in [3.05, 3.63) is 35.9 Å². The maximum absolute atomic E-state index is 6.13. The first-order valence-corrected chi connectivity index (χ1v) is 7.44. The summed E-state index contributed by atoms with van der Waals surface area (Å²) in [6.45, 7) is 1.08. The van der Waals surface area contributed by atoms with Crippen molar-refractivity contribution in [2.24, 2.45) is 11.8 Å². The van der Waals surface area contributed by atoms with Gasteiger partial charge < -0.3 is 15.1 Å². The van der Waals surface area contributed by atoms with Crippen LogP contribution in [0.3, 0.4) is 0 Å². The third-order valence-corrected chi connectivity index (χ3v) is 4.36. The summed E-state index contributed by atoms with van der Waals surface area (Å²) in [5.74, 6) is 2.21. The molecule has 0 spiro atoms. The van der Waals surface area contributed by atoms with E-state index in [0.717, 1.165) is 43.0 Å². The molecule has 2 aliphatic rings. The van der Waals surface area contributed by atoms with Gasteiger partial charge >= 0.3 is 6.92 Å². The van der Waals surface area contributed by atoms with Gasteiger partial charge in [0, 0.05) is 7.11 Å². The maximum Gasteiger partial charge on any atom is 0.358 e. The van der Waals surface area contributed by atoms with E-state index < -0.39 is 0 Å². The summed E-state index contributed by atoms with van der Waals surface area (Å²) in [4.78, 5) is 0. The molecule has 1 aliphatic carbocycles. The van der Waals surface area contributed by atoms with Crippen LogP contribution in [-0.2, 0) is 4.74 Å². The third kappa shape index (κ3) is 3.01. The van der Waals surface area contributed by atoms with Gasteiger partial charge in [0.2, 0.25) is 0 Å². The Morgan fingerprint density at radius 1 is 1.30 bits per heavy atom. The second kappa shape index (κ2) is 5.92. The van der Waals surface area contributed by atoms with Crippen molar-refractivity contribution in [2.45, 2.75) is 25.5 Å². The second-order valence-corrected chi connectivity index (χ2v) is 6.07. The quantitative estimate of drug-likeness (QED) is 0.519. The van der Waals surface area contributed by atoms with Crippen LogP contribution in [0.2, 0.25) is 12.6 Å².